The highest BCUT2D eigenvalue weighted by Crippen LogP contribution is 2.31. The third-order valence-corrected chi connectivity index (χ3v) is 5.61. The summed E-state index contributed by atoms with van der Waals surface area (Å²) in [5, 5.41) is 4.13. The Balaban J connectivity index is 1.46. The van der Waals surface area contributed by atoms with Gasteiger partial charge in [0.15, 0.2) is 5.84 Å². The first-order chi connectivity index (χ1) is 13.9. The Morgan fingerprint density at radius 1 is 1.38 bits per heavy atom. The number of halogens is 2. The topological polar surface area (TPSA) is 114 Å². The molecule has 1 amide bonds. The van der Waals surface area contributed by atoms with E-state index in [0.717, 1.165) is 0 Å². The Bertz CT molecular complexity index is 992. The fourth-order valence-electron chi connectivity index (χ4n) is 3.85. The van der Waals surface area contributed by atoms with Crippen LogP contribution in [0.2, 0.25) is 5.02 Å². The third-order valence-electron chi connectivity index (χ3n) is 5.39. The molecule has 2 aliphatic rings. The molecular weight excluding hydrogens is 401 g/mol. The van der Waals surface area contributed by atoms with Gasteiger partial charge in [-0.3, -0.25) is 4.79 Å². The highest BCUT2D eigenvalue weighted by Gasteiger charge is 2.38. The van der Waals surface area contributed by atoms with E-state index in [-0.39, 0.29) is 24.3 Å². The fourth-order valence-corrected chi connectivity index (χ4v) is 4.01. The Morgan fingerprint density at radius 2 is 2.21 bits per heavy atom. The van der Waals surface area contributed by atoms with Gasteiger partial charge in [-0.25, -0.2) is 9.78 Å². The summed E-state index contributed by atoms with van der Waals surface area (Å²) in [5.74, 6) is -1.92. The minimum absolute atomic E-state index is 0.00311. The molecule has 0 unspecified atom stereocenters. The summed E-state index contributed by atoms with van der Waals surface area (Å²) in [6, 6.07) is 2.86. The zero-order valence-electron chi connectivity index (χ0n) is 15.4. The number of aromatic amines is 1. The van der Waals surface area contributed by atoms with E-state index in [1.54, 1.807) is 11.0 Å². The average Bonchev–Trinajstić information content (AvgIpc) is 3.10. The van der Waals surface area contributed by atoms with Crippen molar-refractivity contribution in [1.29, 1.82) is 0 Å². The molecule has 2 atom stereocenters. The normalized spacial score (nSPS) is 21.9. The van der Waals surface area contributed by atoms with E-state index in [2.05, 4.69) is 15.1 Å². The van der Waals surface area contributed by atoms with Crippen molar-refractivity contribution in [2.24, 2.45) is 16.8 Å². The number of fused-ring (bicyclic) bond motifs is 2. The van der Waals surface area contributed by atoms with Crippen molar-refractivity contribution in [3.8, 4) is 0 Å². The summed E-state index contributed by atoms with van der Waals surface area (Å²) in [6.45, 7) is 0.211. The lowest BCUT2D eigenvalue weighted by Crippen LogP contribution is -2.48. The van der Waals surface area contributed by atoms with Gasteiger partial charge in [-0.1, -0.05) is 16.8 Å². The Labute approximate surface area is 170 Å². The predicted octanol–water partition coefficient (Wildman–Crippen LogP) is 2.23. The van der Waals surface area contributed by atoms with Crippen LogP contribution in [0.1, 0.15) is 40.9 Å². The number of H-pyrrole nitrogens is 1. The van der Waals surface area contributed by atoms with Crippen molar-refractivity contribution in [2.75, 3.05) is 6.54 Å². The molecule has 1 saturated heterocycles. The summed E-state index contributed by atoms with van der Waals surface area (Å²) in [4.78, 5) is 38.5. The number of piperidine rings is 1. The second kappa shape index (κ2) is 7.82. The Hall–Kier alpha value is -2.94. The molecule has 1 fully saturated rings. The maximum atomic E-state index is 13.4. The minimum Gasteiger partial charge on any atom is -0.379 e. The number of hydrogen-bond donors (Lipinski definition) is 2. The summed E-state index contributed by atoms with van der Waals surface area (Å²) in [6.07, 6.45) is 5.33. The van der Waals surface area contributed by atoms with Gasteiger partial charge in [0.2, 0.25) is 5.95 Å². The number of amides is 1. The summed E-state index contributed by atoms with van der Waals surface area (Å²) < 4.78 is 13.4. The van der Waals surface area contributed by atoms with Crippen molar-refractivity contribution in [3.05, 3.63) is 52.3 Å². The number of carbonyl (C=O) groups is 2. The fraction of sp³-hybridized carbons (Fsp3) is 0.368. The highest BCUT2D eigenvalue weighted by molar-refractivity contribution is 6.31. The SMILES string of the molecule is NC(=NOC(=O)[C@@H]1CC[C@H]2CCc3cc(F)ncc3C(=O)N2C1)c1cc(Cl)c[nH]1. The quantitative estimate of drug-likeness (QED) is 0.260. The zero-order valence-corrected chi connectivity index (χ0v) is 16.2. The molecule has 0 saturated carbocycles. The second-order valence-electron chi connectivity index (χ2n) is 7.21. The first-order valence-electron chi connectivity index (χ1n) is 9.26. The first-order valence-corrected chi connectivity index (χ1v) is 9.64. The number of aromatic nitrogens is 2. The number of hydrogen-bond acceptors (Lipinski definition) is 5. The van der Waals surface area contributed by atoms with E-state index in [1.165, 1.54) is 18.5 Å². The predicted molar refractivity (Wildman–Crippen MR) is 103 cm³/mol. The van der Waals surface area contributed by atoms with E-state index < -0.39 is 17.8 Å². The monoisotopic (exact) mass is 419 g/mol. The summed E-state index contributed by atoms with van der Waals surface area (Å²) in [7, 11) is 0. The molecule has 29 heavy (non-hydrogen) atoms. The zero-order chi connectivity index (χ0) is 20.5. The van der Waals surface area contributed by atoms with Crippen LogP contribution in [0.25, 0.3) is 0 Å². The van der Waals surface area contributed by atoms with Crippen LogP contribution in [0.4, 0.5) is 4.39 Å². The molecule has 3 N–H and O–H groups in total. The smallest absolute Gasteiger partial charge is 0.339 e. The summed E-state index contributed by atoms with van der Waals surface area (Å²) >= 11 is 5.81. The number of amidine groups is 1. The van der Waals surface area contributed by atoms with Crippen molar-refractivity contribution in [1.82, 2.24) is 14.9 Å². The highest BCUT2D eigenvalue weighted by atomic mass is 35.5. The number of nitrogens with zero attached hydrogens (tertiary/aromatic N) is 3. The van der Waals surface area contributed by atoms with Crippen LogP contribution in [-0.2, 0) is 16.1 Å². The lowest BCUT2D eigenvalue weighted by atomic mass is 9.91. The number of nitrogens with two attached hydrogens (primary N) is 1. The lowest BCUT2D eigenvalue weighted by Gasteiger charge is -2.37. The van der Waals surface area contributed by atoms with Gasteiger partial charge in [-0.2, -0.15) is 4.39 Å². The standard InChI is InChI=1S/C19H19ClFN5O3/c20-12-6-15(23-7-12)17(22)25-29-19(28)11-2-4-13-3-1-10-5-16(21)24-8-14(10)18(27)26(13)9-11/h5-8,11,13,23H,1-4,9H2,(H2,22,25)/t11-,13-/m1/s1. The van der Waals surface area contributed by atoms with Crippen molar-refractivity contribution in [2.45, 2.75) is 31.7 Å². The van der Waals surface area contributed by atoms with Crippen LogP contribution < -0.4 is 5.73 Å². The molecule has 8 nitrogen and oxygen atoms in total. The van der Waals surface area contributed by atoms with E-state index in [9.17, 15) is 14.0 Å². The molecule has 0 aliphatic carbocycles. The molecule has 2 aliphatic heterocycles. The van der Waals surface area contributed by atoms with Gasteiger partial charge in [0.25, 0.3) is 5.91 Å². The van der Waals surface area contributed by atoms with Crippen LogP contribution in [-0.4, -0.2) is 45.2 Å². The number of nitrogens with one attached hydrogen (secondary N) is 1. The van der Waals surface area contributed by atoms with Crippen LogP contribution in [0.5, 0.6) is 0 Å². The number of carbonyl (C=O) groups excluding carboxylic acids is 2. The van der Waals surface area contributed by atoms with Gasteiger partial charge < -0.3 is 20.5 Å². The van der Waals surface area contributed by atoms with Gasteiger partial charge in [0, 0.05) is 25.0 Å². The number of aryl methyl sites for hydroxylation is 1. The van der Waals surface area contributed by atoms with E-state index in [4.69, 9.17) is 22.2 Å². The maximum absolute atomic E-state index is 13.4. The average molecular weight is 420 g/mol. The molecule has 0 bridgehead atoms. The number of oxime groups is 1. The molecule has 2 aromatic heterocycles. The molecule has 10 heteroatoms. The van der Waals surface area contributed by atoms with Gasteiger partial charge in [-0.15, -0.1) is 0 Å². The Kier molecular flexibility index (Phi) is 5.23. The Morgan fingerprint density at radius 3 is 2.97 bits per heavy atom. The number of pyridine rings is 1. The minimum atomic E-state index is -0.600. The van der Waals surface area contributed by atoms with Crippen molar-refractivity contribution >= 4 is 29.3 Å². The maximum Gasteiger partial charge on any atom is 0.339 e. The summed E-state index contributed by atoms with van der Waals surface area (Å²) in [5.41, 5.74) is 7.25. The molecule has 0 radical (unpaired) electrons. The van der Waals surface area contributed by atoms with Crippen LogP contribution in [0, 0.1) is 11.9 Å². The largest absolute Gasteiger partial charge is 0.379 e. The van der Waals surface area contributed by atoms with E-state index >= 15 is 0 Å². The van der Waals surface area contributed by atoms with Gasteiger partial charge >= 0.3 is 5.97 Å². The van der Waals surface area contributed by atoms with Gasteiger partial charge in [0.05, 0.1) is 22.2 Å². The van der Waals surface area contributed by atoms with Crippen LogP contribution >= 0.6 is 11.6 Å². The molecule has 4 rings (SSSR count). The molecule has 152 valence electrons. The van der Waals surface area contributed by atoms with E-state index in [1.807, 2.05) is 0 Å². The molecule has 4 heterocycles. The van der Waals surface area contributed by atoms with Gasteiger partial charge in [-0.05, 0) is 43.4 Å². The first kappa shape index (κ1) is 19.4. The van der Waals surface area contributed by atoms with Crippen molar-refractivity contribution < 1.29 is 18.8 Å². The number of rotatable bonds is 3. The lowest BCUT2D eigenvalue weighted by molar-refractivity contribution is -0.150. The van der Waals surface area contributed by atoms with Gasteiger partial charge in [0.1, 0.15) is 0 Å². The van der Waals surface area contributed by atoms with Crippen LogP contribution in [0.15, 0.2) is 29.7 Å². The van der Waals surface area contributed by atoms with E-state index in [0.29, 0.717) is 47.5 Å². The second-order valence-corrected chi connectivity index (χ2v) is 7.64. The van der Waals surface area contributed by atoms with Crippen molar-refractivity contribution in [3.63, 3.8) is 0 Å². The molecule has 0 aromatic carbocycles. The molecule has 0 spiro atoms. The third kappa shape index (κ3) is 3.95. The molecular formula is C19H19ClFN5O3. The molecule has 2 aromatic rings. The van der Waals surface area contributed by atoms with Crippen LogP contribution in [0.3, 0.4) is 0 Å².